The molecule has 0 spiro atoms. The predicted molar refractivity (Wildman–Crippen MR) is 102 cm³/mol. The summed E-state index contributed by atoms with van der Waals surface area (Å²) in [4.78, 5) is 10.9. The number of rotatable bonds is 1. The Morgan fingerprint density at radius 2 is 1.69 bits per heavy atom. The second-order valence-electron chi connectivity index (χ2n) is 8.58. The number of aliphatic carboxylic acids is 1. The van der Waals surface area contributed by atoms with Crippen LogP contribution in [0.2, 0.25) is 0 Å². The van der Waals surface area contributed by atoms with Crippen molar-refractivity contribution in [2.24, 2.45) is 0 Å². The van der Waals surface area contributed by atoms with Gasteiger partial charge in [0.15, 0.2) is 0 Å². The molecule has 0 aliphatic heterocycles. The molecule has 0 heterocycles. The van der Waals surface area contributed by atoms with E-state index in [0.29, 0.717) is 12.0 Å². The van der Waals surface area contributed by atoms with Gasteiger partial charge in [-0.2, -0.15) is 0 Å². The smallest absolute Gasteiger partial charge is 0.334 e. The first-order chi connectivity index (χ1) is 12.1. The lowest BCUT2D eigenvalue weighted by Gasteiger charge is -2.41. The molecule has 0 saturated carbocycles. The molecule has 2 nitrogen and oxygen atoms in total. The number of allylic oxidation sites excluding steroid dienone is 3. The molecule has 0 fully saturated rings. The molecule has 136 valence electrons. The number of carbonyl (C=O) groups is 1. The van der Waals surface area contributed by atoms with E-state index in [1.807, 2.05) is 6.07 Å². The molecule has 1 N–H and O–H groups in total. The largest absolute Gasteiger partial charge is 0.478 e. The molecule has 0 radical (unpaired) electrons. The van der Waals surface area contributed by atoms with Gasteiger partial charge in [-0.15, -0.1) is 0 Å². The first-order valence-electron chi connectivity index (χ1n) is 9.10. The standard InChI is InChI=1S/C23H25FO2/c1-22(2)11-12-23(3,4)19-13-15(8-10-18(19)22)5-6-16-7-9-17(21(25)26)20(24)14-16/h8,10,13-14H,7,9,11-12H2,1-4H3,(H,25,26). The molecule has 3 heteroatoms. The lowest BCUT2D eigenvalue weighted by atomic mass is 9.63. The average Bonchev–Trinajstić information content (AvgIpc) is 2.57. The third-order valence-corrected chi connectivity index (χ3v) is 5.71. The highest BCUT2D eigenvalue weighted by Gasteiger charge is 2.36. The van der Waals surface area contributed by atoms with E-state index in [2.05, 4.69) is 51.7 Å². The average molecular weight is 352 g/mol. The first-order valence-corrected chi connectivity index (χ1v) is 9.10. The lowest BCUT2D eigenvalue weighted by Crippen LogP contribution is -2.33. The van der Waals surface area contributed by atoms with Crippen molar-refractivity contribution in [1.82, 2.24) is 0 Å². The molecule has 2 aliphatic carbocycles. The Morgan fingerprint density at radius 3 is 2.31 bits per heavy atom. The Balaban J connectivity index is 1.94. The van der Waals surface area contributed by atoms with Gasteiger partial charge in [0.1, 0.15) is 5.83 Å². The molecule has 3 rings (SSSR count). The number of carboxylic acids is 1. The molecule has 1 aromatic rings. The number of hydrogen-bond donors (Lipinski definition) is 1. The molecule has 0 bridgehead atoms. The Hall–Kier alpha value is -2.34. The molecule has 2 aliphatic rings. The summed E-state index contributed by atoms with van der Waals surface area (Å²) in [7, 11) is 0. The van der Waals surface area contributed by atoms with Crippen molar-refractivity contribution in [3.8, 4) is 11.8 Å². The van der Waals surface area contributed by atoms with Crippen LogP contribution in [-0.2, 0) is 15.6 Å². The van der Waals surface area contributed by atoms with Gasteiger partial charge in [0.05, 0.1) is 5.57 Å². The van der Waals surface area contributed by atoms with E-state index in [9.17, 15) is 9.18 Å². The van der Waals surface area contributed by atoms with E-state index in [0.717, 1.165) is 12.0 Å². The molecule has 0 atom stereocenters. The molecule has 0 saturated heterocycles. The van der Waals surface area contributed by atoms with Crippen molar-refractivity contribution < 1.29 is 14.3 Å². The van der Waals surface area contributed by atoms with E-state index in [1.54, 1.807) is 0 Å². The van der Waals surface area contributed by atoms with Crippen LogP contribution in [-0.4, -0.2) is 11.1 Å². The van der Waals surface area contributed by atoms with Crippen LogP contribution in [0.15, 0.2) is 41.2 Å². The number of halogens is 1. The molecular weight excluding hydrogens is 327 g/mol. The highest BCUT2D eigenvalue weighted by atomic mass is 19.1. The van der Waals surface area contributed by atoms with E-state index in [1.165, 1.54) is 23.6 Å². The van der Waals surface area contributed by atoms with Gasteiger partial charge in [-0.25, -0.2) is 9.18 Å². The van der Waals surface area contributed by atoms with Gasteiger partial charge >= 0.3 is 5.97 Å². The minimum atomic E-state index is -1.19. The van der Waals surface area contributed by atoms with Crippen molar-refractivity contribution in [3.05, 3.63) is 57.9 Å². The van der Waals surface area contributed by atoms with Crippen LogP contribution in [0.25, 0.3) is 0 Å². The fourth-order valence-electron chi connectivity index (χ4n) is 3.82. The first kappa shape index (κ1) is 18.5. The van der Waals surface area contributed by atoms with Crippen LogP contribution in [0, 0.1) is 11.8 Å². The minimum absolute atomic E-state index is 0.123. The van der Waals surface area contributed by atoms with Crippen molar-refractivity contribution >= 4 is 5.97 Å². The summed E-state index contributed by atoms with van der Waals surface area (Å²) in [5.74, 6) is 4.30. The molecule has 0 amide bonds. The number of carboxylic acid groups (broad SMARTS) is 1. The van der Waals surface area contributed by atoms with Crippen LogP contribution in [0.3, 0.4) is 0 Å². The van der Waals surface area contributed by atoms with Crippen molar-refractivity contribution in [2.75, 3.05) is 0 Å². The maximum absolute atomic E-state index is 13.8. The fraction of sp³-hybridized carbons (Fsp3) is 0.435. The fourth-order valence-corrected chi connectivity index (χ4v) is 3.82. The van der Waals surface area contributed by atoms with Gasteiger partial charge in [-0.05, 0) is 65.8 Å². The third-order valence-electron chi connectivity index (χ3n) is 5.71. The van der Waals surface area contributed by atoms with Crippen LogP contribution < -0.4 is 0 Å². The Morgan fingerprint density at radius 1 is 1.04 bits per heavy atom. The highest BCUT2D eigenvalue weighted by molar-refractivity contribution is 5.88. The van der Waals surface area contributed by atoms with Crippen LogP contribution in [0.4, 0.5) is 4.39 Å². The Bertz CT molecular complexity index is 889. The SMILES string of the molecule is CC1(C)CCC(C)(C)c2cc(C#CC3=CC(F)=C(C(=O)O)CC3)ccc21. The summed E-state index contributed by atoms with van der Waals surface area (Å²) in [5, 5.41) is 8.94. The summed E-state index contributed by atoms with van der Waals surface area (Å²) in [6, 6.07) is 6.38. The Kier molecular flexibility index (Phi) is 4.56. The predicted octanol–water partition coefficient (Wildman–Crippen LogP) is 5.42. The lowest BCUT2D eigenvalue weighted by molar-refractivity contribution is -0.132. The summed E-state index contributed by atoms with van der Waals surface area (Å²) in [6.45, 7) is 9.12. The van der Waals surface area contributed by atoms with E-state index >= 15 is 0 Å². The summed E-state index contributed by atoms with van der Waals surface area (Å²) < 4.78 is 13.8. The monoisotopic (exact) mass is 352 g/mol. The van der Waals surface area contributed by atoms with Gasteiger partial charge in [0.2, 0.25) is 0 Å². The highest BCUT2D eigenvalue weighted by Crippen LogP contribution is 2.45. The number of benzene rings is 1. The molecule has 0 unspecified atom stereocenters. The third kappa shape index (κ3) is 3.46. The molecule has 0 aromatic heterocycles. The van der Waals surface area contributed by atoms with Gasteiger partial charge in [0.25, 0.3) is 0 Å². The molecule has 26 heavy (non-hydrogen) atoms. The zero-order valence-electron chi connectivity index (χ0n) is 15.9. The van der Waals surface area contributed by atoms with Crippen LogP contribution in [0.1, 0.15) is 70.1 Å². The number of hydrogen-bond acceptors (Lipinski definition) is 1. The van der Waals surface area contributed by atoms with Crippen molar-refractivity contribution in [2.45, 2.75) is 64.2 Å². The topological polar surface area (TPSA) is 37.3 Å². The summed E-state index contributed by atoms with van der Waals surface area (Å²) in [6.07, 6.45) is 4.22. The van der Waals surface area contributed by atoms with Crippen LogP contribution in [0.5, 0.6) is 0 Å². The van der Waals surface area contributed by atoms with Gasteiger partial charge in [-0.1, -0.05) is 45.6 Å². The second kappa shape index (κ2) is 6.43. The van der Waals surface area contributed by atoms with E-state index in [4.69, 9.17) is 5.11 Å². The summed E-state index contributed by atoms with van der Waals surface area (Å²) in [5.41, 5.74) is 4.43. The van der Waals surface area contributed by atoms with Crippen molar-refractivity contribution in [1.29, 1.82) is 0 Å². The van der Waals surface area contributed by atoms with Gasteiger partial charge in [0, 0.05) is 11.1 Å². The molecular formula is C23H25FO2. The maximum atomic E-state index is 13.8. The normalized spacial score (nSPS) is 20.6. The quantitative estimate of drug-likeness (QED) is 0.686. The van der Waals surface area contributed by atoms with E-state index < -0.39 is 11.8 Å². The van der Waals surface area contributed by atoms with Gasteiger partial charge < -0.3 is 5.11 Å². The zero-order valence-corrected chi connectivity index (χ0v) is 15.9. The van der Waals surface area contributed by atoms with E-state index in [-0.39, 0.29) is 22.8 Å². The number of fused-ring (bicyclic) bond motifs is 1. The van der Waals surface area contributed by atoms with Gasteiger partial charge in [-0.3, -0.25) is 0 Å². The Labute approximate surface area is 154 Å². The maximum Gasteiger partial charge on any atom is 0.334 e. The zero-order chi connectivity index (χ0) is 19.1. The minimum Gasteiger partial charge on any atom is -0.478 e. The second-order valence-corrected chi connectivity index (χ2v) is 8.58. The van der Waals surface area contributed by atoms with Crippen LogP contribution >= 0.6 is 0 Å². The van der Waals surface area contributed by atoms with Crippen molar-refractivity contribution in [3.63, 3.8) is 0 Å². The summed E-state index contributed by atoms with van der Waals surface area (Å²) >= 11 is 0. The molecule has 1 aromatic carbocycles.